The van der Waals surface area contributed by atoms with E-state index in [-0.39, 0.29) is 31.1 Å². The summed E-state index contributed by atoms with van der Waals surface area (Å²) in [7, 11) is 0. The number of allylic oxidation sites excluding steroid dienone is 8. The number of hydrogen-bond acceptors (Lipinski definition) is 6. The Morgan fingerprint density at radius 3 is 0.925 bits per heavy atom. The van der Waals surface area contributed by atoms with Crippen molar-refractivity contribution in [2.75, 3.05) is 13.2 Å². The van der Waals surface area contributed by atoms with Crippen LogP contribution in [0.5, 0.6) is 0 Å². The second-order valence-electron chi connectivity index (χ2n) is 19.5. The summed E-state index contributed by atoms with van der Waals surface area (Å²) in [6.07, 6.45) is 68.2. The van der Waals surface area contributed by atoms with Gasteiger partial charge in [0.05, 0.1) is 0 Å². The quantitative estimate of drug-likeness (QED) is 0.0262. The minimum Gasteiger partial charge on any atom is -0.462 e. The fourth-order valence-electron chi connectivity index (χ4n) is 8.45. The van der Waals surface area contributed by atoms with E-state index >= 15 is 0 Å². The van der Waals surface area contributed by atoms with Gasteiger partial charge in [-0.1, -0.05) is 256 Å². The molecule has 0 bridgehead atoms. The normalized spacial score (nSPS) is 12.3. The zero-order valence-corrected chi connectivity index (χ0v) is 44.7. The van der Waals surface area contributed by atoms with Crippen molar-refractivity contribution in [1.82, 2.24) is 0 Å². The number of unbranched alkanes of at least 4 members (excludes halogenated alkanes) is 34. The fraction of sp³-hybridized carbons (Fsp3) is 0.820. The first kappa shape index (κ1) is 64.4. The van der Waals surface area contributed by atoms with Crippen molar-refractivity contribution in [2.45, 2.75) is 309 Å². The van der Waals surface area contributed by atoms with Gasteiger partial charge in [0.1, 0.15) is 13.2 Å². The molecule has 1 unspecified atom stereocenters. The summed E-state index contributed by atoms with van der Waals surface area (Å²) < 4.78 is 16.9. The highest BCUT2D eigenvalue weighted by Crippen LogP contribution is 2.16. The van der Waals surface area contributed by atoms with E-state index in [2.05, 4.69) is 69.4 Å². The van der Waals surface area contributed by atoms with Crippen molar-refractivity contribution in [3.05, 3.63) is 48.6 Å². The number of carbonyl (C=O) groups is 3. The molecule has 0 rings (SSSR count). The molecule has 0 aliphatic rings. The Balaban J connectivity index is 4.35. The molecule has 6 nitrogen and oxygen atoms in total. The van der Waals surface area contributed by atoms with E-state index in [1.54, 1.807) is 0 Å². The van der Waals surface area contributed by atoms with Crippen LogP contribution in [0, 0.1) is 0 Å². The maximum Gasteiger partial charge on any atom is 0.306 e. The number of esters is 3. The molecule has 67 heavy (non-hydrogen) atoms. The lowest BCUT2D eigenvalue weighted by molar-refractivity contribution is -0.167. The highest BCUT2D eigenvalue weighted by Gasteiger charge is 2.19. The molecule has 0 spiro atoms. The molecule has 6 heteroatoms. The maximum atomic E-state index is 12.8. The summed E-state index contributed by atoms with van der Waals surface area (Å²) in [6, 6.07) is 0. The fourth-order valence-corrected chi connectivity index (χ4v) is 8.45. The molecular weight excluding hydrogens is 829 g/mol. The van der Waals surface area contributed by atoms with Crippen molar-refractivity contribution >= 4 is 17.9 Å². The predicted molar refractivity (Wildman–Crippen MR) is 289 cm³/mol. The molecule has 0 aromatic heterocycles. The first-order chi connectivity index (χ1) is 33.0. The molecule has 0 fully saturated rings. The van der Waals surface area contributed by atoms with E-state index in [1.165, 1.54) is 161 Å². The van der Waals surface area contributed by atoms with Crippen LogP contribution in [-0.2, 0) is 28.6 Å². The summed E-state index contributed by atoms with van der Waals surface area (Å²) in [5.74, 6) is -0.897. The molecule has 0 radical (unpaired) electrons. The molecular formula is C61H110O6. The second-order valence-corrected chi connectivity index (χ2v) is 19.5. The molecule has 0 heterocycles. The van der Waals surface area contributed by atoms with Crippen LogP contribution in [0.2, 0.25) is 0 Å². The van der Waals surface area contributed by atoms with E-state index in [0.29, 0.717) is 19.3 Å². The summed E-state index contributed by atoms with van der Waals surface area (Å²) in [5, 5.41) is 0. The van der Waals surface area contributed by atoms with Crippen LogP contribution in [0.15, 0.2) is 48.6 Å². The summed E-state index contributed by atoms with van der Waals surface area (Å²) >= 11 is 0. The topological polar surface area (TPSA) is 78.9 Å². The van der Waals surface area contributed by atoms with Gasteiger partial charge in [-0.15, -0.1) is 0 Å². The minimum atomic E-state index is -0.784. The highest BCUT2D eigenvalue weighted by molar-refractivity contribution is 5.71. The van der Waals surface area contributed by atoms with Crippen molar-refractivity contribution in [1.29, 1.82) is 0 Å². The van der Waals surface area contributed by atoms with Crippen molar-refractivity contribution < 1.29 is 28.6 Å². The van der Waals surface area contributed by atoms with Crippen molar-refractivity contribution in [3.63, 3.8) is 0 Å². The Hall–Kier alpha value is -2.63. The summed E-state index contributed by atoms with van der Waals surface area (Å²) in [4.78, 5) is 38.1. The standard InChI is InChI=1S/C61H110O6/c1-4-7-10-13-16-19-22-25-28-30-31-32-34-36-39-42-45-48-51-54-60(63)66-57-58(56-65-59(62)53-50-47-44-41-38-35-27-24-21-18-15-12-9-6-3)67-61(64)55-52-49-46-43-40-37-33-29-26-23-20-17-14-11-8-5-2/h9,12,18,21,27,29,33,35,58H,4-8,10-11,13-17,19-20,22-26,28,30-32,34,36-57H2,1-3H3/b12-9-,21-18-,33-29-,35-27-. The predicted octanol–water partition coefficient (Wildman–Crippen LogP) is 19.4. The smallest absolute Gasteiger partial charge is 0.306 e. The molecule has 0 aliphatic heterocycles. The molecule has 0 aromatic carbocycles. The van der Waals surface area contributed by atoms with E-state index in [9.17, 15) is 14.4 Å². The van der Waals surface area contributed by atoms with E-state index in [1.807, 2.05) is 0 Å². The third-order valence-corrected chi connectivity index (χ3v) is 12.8. The molecule has 0 saturated carbocycles. The molecule has 1 atom stereocenters. The van der Waals surface area contributed by atoms with Gasteiger partial charge in [0.25, 0.3) is 0 Å². The van der Waals surface area contributed by atoms with Gasteiger partial charge in [-0.05, 0) is 77.0 Å². The van der Waals surface area contributed by atoms with Gasteiger partial charge >= 0.3 is 17.9 Å². The molecule has 0 aromatic rings. The van der Waals surface area contributed by atoms with Gasteiger partial charge in [0, 0.05) is 19.3 Å². The van der Waals surface area contributed by atoms with Crippen molar-refractivity contribution in [3.8, 4) is 0 Å². The Labute approximate surface area is 416 Å². The second kappa shape index (κ2) is 56.0. The molecule has 0 amide bonds. The highest BCUT2D eigenvalue weighted by atomic mass is 16.6. The van der Waals surface area contributed by atoms with Crippen LogP contribution < -0.4 is 0 Å². The lowest BCUT2D eigenvalue weighted by Crippen LogP contribution is -2.30. The Morgan fingerprint density at radius 1 is 0.313 bits per heavy atom. The number of carbonyl (C=O) groups excluding carboxylic acids is 3. The number of hydrogen-bond donors (Lipinski definition) is 0. The van der Waals surface area contributed by atoms with Crippen LogP contribution in [0.3, 0.4) is 0 Å². The average Bonchev–Trinajstić information content (AvgIpc) is 3.33. The largest absolute Gasteiger partial charge is 0.462 e. The summed E-state index contributed by atoms with van der Waals surface area (Å²) in [6.45, 7) is 6.54. The molecule has 0 saturated heterocycles. The van der Waals surface area contributed by atoms with Crippen LogP contribution in [0.4, 0.5) is 0 Å². The molecule has 0 aliphatic carbocycles. The SMILES string of the molecule is CC/C=C\C/C=C\C/C=C\CCCCCCC(=O)OCC(COC(=O)CCCCCCCCCCCCCCCCCCCCC)OC(=O)CCCCCCC/C=C\CCCCCCCCC. The lowest BCUT2D eigenvalue weighted by atomic mass is 10.0. The third-order valence-electron chi connectivity index (χ3n) is 12.8. The molecule has 0 N–H and O–H groups in total. The van der Waals surface area contributed by atoms with Gasteiger partial charge in [-0.3, -0.25) is 14.4 Å². The Kier molecular flexibility index (Phi) is 53.8. The number of rotatable bonds is 53. The zero-order chi connectivity index (χ0) is 48.6. The van der Waals surface area contributed by atoms with E-state index < -0.39 is 6.10 Å². The summed E-state index contributed by atoms with van der Waals surface area (Å²) in [5.41, 5.74) is 0. The van der Waals surface area contributed by atoms with Gasteiger partial charge in [0.2, 0.25) is 0 Å². The lowest BCUT2D eigenvalue weighted by Gasteiger charge is -2.18. The monoisotopic (exact) mass is 939 g/mol. The van der Waals surface area contributed by atoms with Gasteiger partial charge < -0.3 is 14.2 Å². The van der Waals surface area contributed by atoms with Crippen LogP contribution in [0.25, 0.3) is 0 Å². The van der Waals surface area contributed by atoms with Crippen LogP contribution >= 0.6 is 0 Å². The zero-order valence-electron chi connectivity index (χ0n) is 44.7. The van der Waals surface area contributed by atoms with E-state index in [0.717, 1.165) is 103 Å². The minimum absolute atomic E-state index is 0.0807. The van der Waals surface area contributed by atoms with Gasteiger partial charge in [-0.25, -0.2) is 0 Å². The van der Waals surface area contributed by atoms with Crippen LogP contribution in [-0.4, -0.2) is 37.2 Å². The van der Waals surface area contributed by atoms with Crippen LogP contribution in [0.1, 0.15) is 303 Å². The number of ether oxygens (including phenoxy) is 3. The van der Waals surface area contributed by atoms with E-state index in [4.69, 9.17) is 14.2 Å². The van der Waals surface area contributed by atoms with Gasteiger partial charge in [0.15, 0.2) is 6.10 Å². The third kappa shape index (κ3) is 54.2. The van der Waals surface area contributed by atoms with Gasteiger partial charge in [-0.2, -0.15) is 0 Å². The Bertz CT molecular complexity index is 1170. The Morgan fingerprint density at radius 2 is 0.582 bits per heavy atom. The average molecular weight is 940 g/mol. The van der Waals surface area contributed by atoms with Crippen molar-refractivity contribution in [2.24, 2.45) is 0 Å². The first-order valence-corrected chi connectivity index (χ1v) is 29.1. The first-order valence-electron chi connectivity index (χ1n) is 29.1. The maximum absolute atomic E-state index is 12.8. The molecule has 390 valence electrons.